The minimum Gasteiger partial charge on any atom is -0.399 e. The maximum atomic E-state index is 11.5. The SMILES string of the molecule is CCC(C)CSc1cc(N)cc(S(N)(=O)=O)c1C. The summed E-state index contributed by atoms with van der Waals surface area (Å²) in [5, 5.41) is 5.18. The van der Waals surface area contributed by atoms with Gasteiger partial charge in [0.25, 0.3) is 0 Å². The highest BCUT2D eigenvalue weighted by Gasteiger charge is 2.16. The van der Waals surface area contributed by atoms with E-state index in [-0.39, 0.29) is 4.90 Å². The standard InChI is InChI=1S/C12H20N2O2S2/c1-4-8(2)7-17-11-5-10(13)6-12(9(11)3)18(14,15)16/h5-6,8H,4,7,13H2,1-3H3,(H2,14,15,16). The van der Waals surface area contributed by atoms with E-state index in [0.717, 1.165) is 17.1 Å². The zero-order chi connectivity index (χ0) is 13.9. The quantitative estimate of drug-likeness (QED) is 0.643. The second kappa shape index (κ2) is 5.95. The summed E-state index contributed by atoms with van der Waals surface area (Å²) in [6.45, 7) is 6.06. The Balaban J connectivity index is 3.10. The van der Waals surface area contributed by atoms with Crippen LogP contribution in [0.5, 0.6) is 0 Å². The van der Waals surface area contributed by atoms with Gasteiger partial charge in [0, 0.05) is 16.3 Å². The summed E-state index contributed by atoms with van der Waals surface area (Å²) >= 11 is 1.62. The van der Waals surface area contributed by atoms with Crippen LogP contribution >= 0.6 is 11.8 Å². The number of hydrogen-bond donors (Lipinski definition) is 2. The van der Waals surface area contributed by atoms with E-state index in [1.807, 2.05) is 0 Å². The first-order chi connectivity index (χ1) is 8.25. The van der Waals surface area contributed by atoms with Crippen molar-refractivity contribution in [2.24, 2.45) is 11.1 Å². The molecule has 102 valence electrons. The Morgan fingerprint density at radius 1 is 1.39 bits per heavy atom. The van der Waals surface area contributed by atoms with Crippen LogP contribution in [0.15, 0.2) is 21.9 Å². The third-order valence-electron chi connectivity index (χ3n) is 2.86. The van der Waals surface area contributed by atoms with E-state index in [1.165, 1.54) is 6.07 Å². The number of sulfonamides is 1. The molecule has 6 heteroatoms. The van der Waals surface area contributed by atoms with Crippen LogP contribution in [0.2, 0.25) is 0 Å². The molecule has 1 rings (SSSR count). The first kappa shape index (κ1) is 15.3. The second-order valence-corrected chi connectivity index (χ2v) is 7.10. The van der Waals surface area contributed by atoms with Crippen molar-refractivity contribution in [3.8, 4) is 0 Å². The van der Waals surface area contributed by atoms with Gasteiger partial charge in [-0.2, -0.15) is 0 Å². The molecule has 0 radical (unpaired) electrons. The Labute approximate surface area is 113 Å². The summed E-state index contributed by atoms with van der Waals surface area (Å²) < 4.78 is 22.9. The second-order valence-electron chi connectivity index (χ2n) is 4.51. The van der Waals surface area contributed by atoms with Crippen LogP contribution in [0.25, 0.3) is 0 Å². The Hall–Kier alpha value is -0.720. The average Bonchev–Trinajstić information content (AvgIpc) is 2.27. The van der Waals surface area contributed by atoms with Gasteiger partial charge in [-0.3, -0.25) is 0 Å². The number of hydrogen-bond acceptors (Lipinski definition) is 4. The number of nitrogen functional groups attached to an aromatic ring is 1. The molecule has 0 aliphatic rings. The fraction of sp³-hybridized carbons (Fsp3) is 0.500. The highest BCUT2D eigenvalue weighted by Crippen LogP contribution is 2.31. The molecule has 0 fully saturated rings. The number of thioether (sulfide) groups is 1. The van der Waals surface area contributed by atoms with Crippen LogP contribution in [0, 0.1) is 12.8 Å². The fourth-order valence-corrected chi connectivity index (χ4v) is 3.63. The van der Waals surface area contributed by atoms with E-state index in [1.54, 1.807) is 24.8 Å². The van der Waals surface area contributed by atoms with Crippen molar-refractivity contribution in [1.82, 2.24) is 0 Å². The third-order valence-corrected chi connectivity index (χ3v) is 5.37. The summed E-state index contributed by atoms with van der Waals surface area (Å²) in [5.74, 6) is 1.51. The van der Waals surface area contributed by atoms with E-state index in [2.05, 4.69) is 13.8 Å². The maximum Gasteiger partial charge on any atom is 0.238 e. The van der Waals surface area contributed by atoms with Gasteiger partial charge in [0.2, 0.25) is 10.0 Å². The van der Waals surface area contributed by atoms with E-state index in [0.29, 0.717) is 17.2 Å². The summed E-state index contributed by atoms with van der Waals surface area (Å²) in [6.07, 6.45) is 1.09. The van der Waals surface area contributed by atoms with Gasteiger partial charge in [0.05, 0.1) is 4.90 Å². The Morgan fingerprint density at radius 2 is 2.00 bits per heavy atom. The van der Waals surface area contributed by atoms with Crippen LogP contribution in [-0.2, 0) is 10.0 Å². The molecule has 0 aliphatic heterocycles. The Bertz CT molecular complexity index is 527. The van der Waals surface area contributed by atoms with Crippen LogP contribution in [0.3, 0.4) is 0 Å². The van der Waals surface area contributed by atoms with E-state index < -0.39 is 10.0 Å². The number of rotatable bonds is 5. The van der Waals surface area contributed by atoms with Gasteiger partial charge in [-0.25, -0.2) is 13.6 Å². The van der Waals surface area contributed by atoms with Crippen LogP contribution in [0.1, 0.15) is 25.8 Å². The predicted molar refractivity (Wildman–Crippen MR) is 77.1 cm³/mol. The molecule has 18 heavy (non-hydrogen) atoms. The summed E-state index contributed by atoms with van der Waals surface area (Å²) in [7, 11) is -3.72. The molecule has 1 unspecified atom stereocenters. The van der Waals surface area contributed by atoms with Crippen molar-refractivity contribution in [2.75, 3.05) is 11.5 Å². The highest BCUT2D eigenvalue weighted by molar-refractivity contribution is 7.99. The van der Waals surface area contributed by atoms with Crippen molar-refractivity contribution < 1.29 is 8.42 Å². The molecule has 0 aromatic heterocycles. The molecule has 1 aromatic carbocycles. The van der Waals surface area contributed by atoms with Gasteiger partial charge in [-0.05, 0) is 30.5 Å². The van der Waals surface area contributed by atoms with Crippen LogP contribution < -0.4 is 10.9 Å². The van der Waals surface area contributed by atoms with Crippen molar-refractivity contribution in [2.45, 2.75) is 37.0 Å². The molecule has 1 atom stereocenters. The lowest BCUT2D eigenvalue weighted by molar-refractivity contribution is 0.597. The predicted octanol–water partition coefficient (Wildman–Crippen LogP) is 2.36. The lowest BCUT2D eigenvalue weighted by Crippen LogP contribution is -2.14. The first-order valence-electron chi connectivity index (χ1n) is 5.81. The smallest absolute Gasteiger partial charge is 0.238 e. The zero-order valence-electron chi connectivity index (χ0n) is 10.9. The average molecular weight is 288 g/mol. The lowest BCUT2D eigenvalue weighted by Gasteiger charge is -2.13. The van der Waals surface area contributed by atoms with Gasteiger partial charge in [0.1, 0.15) is 0 Å². The van der Waals surface area contributed by atoms with E-state index in [4.69, 9.17) is 10.9 Å². The Kier molecular flexibility index (Phi) is 5.07. The molecule has 0 saturated carbocycles. The van der Waals surface area contributed by atoms with Gasteiger partial charge < -0.3 is 5.73 Å². The Morgan fingerprint density at radius 3 is 2.50 bits per heavy atom. The first-order valence-corrected chi connectivity index (χ1v) is 8.34. The molecule has 0 heterocycles. The minimum atomic E-state index is -3.72. The normalized spacial score (nSPS) is 13.6. The van der Waals surface area contributed by atoms with Crippen molar-refractivity contribution in [3.63, 3.8) is 0 Å². The van der Waals surface area contributed by atoms with Gasteiger partial charge >= 0.3 is 0 Å². The summed E-state index contributed by atoms with van der Waals surface area (Å²) in [6, 6.07) is 3.22. The monoisotopic (exact) mass is 288 g/mol. The van der Waals surface area contributed by atoms with Crippen LogP contribution in [0.4, 0.5) is 5.69 Å². The molecule has 0 spiro atoms. The minimum absolute atomic E-state index is 0.120. The molecule has 0 aliphatic carbocycles. The molecule has 0 amide bonds. The van der Waals surface area contributed by atoms with E-state index >= 15 is 0 Å². The maximum absolute atomic E-state index is 11.5. The number of benzene rings is 1. The fourth-order valence-electron chi connectivity index (χ4n) is 1.48. The molecule has 1 aromatic rings. The topological polar surface area (TPSA) is 86.2 Å². The van der Waals surface area contributed by atoms with Crippen LogP contribution in [-0.4, -0.2) is 14.2 Å². The third kappa shape index (κ3) is 3.90. The summed E-state index contributed by atoms with van der Waals surface area (Å²) in [4.78, 5) is 1.01. The number of anilines is 1. The zero-order valence-corrected chi connectivity index (χ0v) is 12.6. The van der Waals surface area contributed by atoms with Crippen molar-refractivity contribution in [1.29, 1.82) is 0 Å². The lowest BCUT2D eigenvalue weighted by atomic mass is 10.2. The highest BCUT2D eigenvalue weighted by atomic mass is 32.2. The van der Waals surface area contributed by atoms with Gasteiger partial charge in [0.15, 0.2) is 0 Å². The molecule has 4 nitrogen and oxygen atoms in total. The molecule has 0 saturated heterocycles. The molecular weight excluding hydrogens is 268 g/mol. The molecule has 0 bridgehead atoms. The van der Waals surface area contributed by atoms with Crippen molar-refractivity contribution >= 4 is 27.5 Å². The number of primary sulfonamides is 1. The van der Waals surface area contributed by atoms with Gasteiger partial charge in [-0.1, -0.05) is 20.3 Å². The molecule has 4 N–H and O–H groups in total. The largest absolute Gasteiger partial charge is 0.399 e. The van der Waals surface area contributed by atoms with Gasteiger partial charge in [-0.15, -0.1) is 11.8 Å². The molecular formula is C12H20N2O2S2. The van der Waals surface area contributed by atoms with E-state index in [9.17, 15) is 8.42 Å². The number of nitrogens with two attached hydrogens (primary N) is 2. The summed E-state index contributed by atoms with van der Waals surface area (Å²) in [5.41, 5.74) is 6.84. The van der Waals surface area contributed by atoms with Crippen molar-refractivity contribution in [3.05, 3.63) is 17.7 Å².